The second-order valence-corrected chi connectivity index (χ2v) is 5.67. The lowest BCUT2D eigenvalue weighted by atomic mass is 9.99. The molecule has 0 saturated heterocycles. The van der Waals surface area contributed by atoms with Crippen molar-refractivity contribution < 1.29 is 0 Å². The summed E-state index contributed by atoms with van der Waals surface area (Å²) in [6.45, 7) is 5.19. The number of hydrogen-bond donors (Lipinski definition) is 1. The zero-order valence-electron chi connectivity index (χ0n) is 9.95. The highest BCUT2D eigenvalue weighted by molar-refractivity contribution is 8.00. The molecule has 0 spiro atoms. The van der Waals surface area contributed by atoms with E-state index in [1.165, 1.54) is 17.7 Å². The Labute approximate surface area is 108 Å². The van der Waals surface area contributed by atoms with Gasteiger partial charge in [-0.3, -0.25) is 0 Å². The predicted molar refractivity (Wildman–Crippen MR) is 74.2 cm³/mol. The van der Waals surface area contributed by atoms with Crippen molar-refractivity contribution in [3.8, 4) is 0 Å². The molecule has 1 aromatic carbocycles. The number of nitrogens with two attached hydrogens (primary N) is 1. The summed E-state index contributed by atoms with van der Waals surface area (Å²) in [6, 6.07) is 8.00. The van der Waals surface area contributed by atoms with Gasteiger partial charge < -0.3 is 5.73 Å². The minimum Gasteiger partial charge on any atom is -0.329 e. The van der Waals surface area contributed by atoms with E-state index in [0.29, 0.717) is 11.2 Å². The molecule has 1 aromatic rings. The number of rotatable bonds is 6. The average Bonchev–Trinajstić information content (AvgIpc) is 2.29. The Morgan fingerprint density at radius 2 is 2.00 bits per heavy atom. The van der Waals surface area contributed by atoms with E-state index >= 15 is 0 Å². The number of benzene rings is 1. The molecule has 2 N–H and O–H groups in total. The van der Waals surface area contributed by atoms with Crippen molar-refractivity contribution in [2.45, 2.75) is 36.8 Å². The minimum atomic E-state index is 0.494. The largest absolute Gasteiger partial charge is 0.329 e. The molecule has 1 atom stereocenters. The van der Waals surface area contributed by atoms with E-state index in [4.69, 9.17) is 17.3 Å². The summed E-state index contributed by atoms with van der Waals surface area (Å²) in [5, 5.41) is 1.29. The standard InChI is InChI=1S/C13H20ClNS/c1-3-10(4-2)13(9-15)16-12-7-5-6-11(14)8-12/h5-8,10,13H,3-4,9,15H2,1-2H3. The summed E-state index contributed by atoms with van der Waals surface area (Å²) in [7, 11) is 0. The maximum Gasteiger partial charge on any atom is 0.0417 e. The van der Waals surface area contributed by atoms with Gasteiger partial charge in [0.15, 0.2) is 0 Å². The molecule has 90 valence electrons. The molecular weight excluding hydrogens is 238 g/mol. The summed E-state index contributed by atoms with van der Waals surface area (Å²) in [4.78, 5) is 1.22. The summed E-state index contributed by atoms with van der Waals surface area (Å²) >= 11 is 7.82. The van der Waals surface area contributed by atoms with Gasteiger partial charge in [-0.1, -0.05) is 44.4 Å². The first-order valence-electron chi connectivity index (χ1n) is 5.83. The fourth-order valence-corrected chi connectivity index (χ4v) is 3.50. The Hall–Kier alpha value is -0.180. The van der Waals surface area contributed by atoms with Gasteiger partial charge in [-0.25, -0.2) is 0 Å². The average molecular weight is 258 g/mol. The molecule has 0 amide bonds. The third-order valence-corrected chi connectivity index (χ3v) is 4.53. The fourth-order valence-electron chi connectivity index (χ4n) is 1.87. The molecule has 0 heterocycles. The van der Waals surface area contributed by atoms with Crippen molar-refractivity contribution in [1.82, 2.24) is 0 Å². The van der Waals surface area contributed by atoms with E-state index in [1.54, 1.807) is 0 Å². The third kappa shape index (κ3) is 4.00. The third-order valence-electron chi connectivity index (χ3n) is 2.89. The molecule has 0 radical (unpaired) electrons. The lowest BCUT2D eigenvalue weighted by molar-refractivity contribution is 0.475. The van der Waals surface area contributed by atoms with Gasteiger partial charge in [0.2, 0.25) is 0 Å². The van der Waals surface area contributed by atoms with Crippen molar-refractivity contribution in [2.75, 3.05) is 6.54 Å². The van der Waals surface area contributed by atoms with Gasteiger partial charge >= 0.3 is 0 Å². The first-order valence-corrected chi connectivity index (χ1v) is 7.09. The molecule has 0 aliphatic carbocycles. The molecule has 3 heteroatoms. The monoisotopic (exact) mass is 257 g/mol. The van der Waals surface area contributed by atoms with E-state index in [0.717, 1.165) is 11.6 Å². The Bertz CT molecular complexity index is 313. The molecule has 0 aliphatic rings. The summed E-state index contributed by atoms with van der Waals surface area (Å²) < 4.78 is 0. The molecule has 0 aromatic heterocycles. The minimum absolute atomic E-state index is 0.494. The van der Waals surface area contributed by atoms with Crippen LogP contribution >= 0.6 is 23.4 Å². The number of halogens is 1. The Kier molecular flexibility index (Phi) is 6.25. The fraction of sp³-hybridized carbons (Fsp3) is 0.538. The Morgan fingerprint density at radius 1 is 1.31 bits per heavy atom. The smallest absolute Gasteiger partial charge is 0.0417 e. The van der Waals surface area contributed by atoms with Crippen LogP contribution in [0.2, 0.25) is 5.02 Å². The second kappa shape index (κ2) is 7.21. The van der Waals surface area contributed by atoms with Crippen LogP contribution in [0.25, 0.3) is 0 Å². The molecule has 1 nitrogen and oxygen atoms in total. The lowest BCUT2D eigenvalue weighted by Gasteiger charge is -2.23. The highest BCUT2D eigenvalue weighted by atomic mass is 35.5. The SMILES string of the molecule is CCC(CC)C(CN)Sc1cccc(Cl)c1. The number of hydrogen-bond acceptors (Lipinski definition) is 2. The normalized spacial score (nSPS) is 13.1. The van der Waals surface area contributed by atoms with Crippen LogP contribution in [0.4, 0.5) is 0 Å². The van der Waals surface area contributed by atoms with Gasteiger partial charge in [-0.2, -0.15) is 0 Å². The zero-order valence-corrected chi connectivity index (χ0v) is 11.5. The van der Waals surface area contributed by atoms with Gasteiger partial charge in [-0.05, 0) is 24.1 Å². The first kappa shape index (κ1) is 13.9. The van der Waals surface area contributed by atoms with Gasteiger partial charge in [0.05, 0.1) is 0 Å². The molecule has 16 heavy (non-hydrogen) atoms. The van der Waals surface area contributed by atoms with E-state index in [9.17, 15) is 0 Å². The van der Waals surface area contributed by atoms with Crippen molar-refractivity contribution in [3.63, 3.8) is 0 Å². The van der Waals surface area contributed by atoms with Gasteiger partial charge in [-0.15, -0.1) is 11.8 Å². The maximum atomic E-state index is 5.97. The molecule has 0 bridgehead atoms. The van der Waals surface area contributed by atoms with Crippen LogP contribution in [0.1, 0.15) is 26.7 Å². The topological polar surface area (TPSA) is 26.0 Å². The van der Waals surface area contributed by atoms with Gasteiger partial charge in [0.1, 0.15) is 0 Å². The molecule has 1 unspecified atom stereocenters. The van der Waals surface area contributed by atoms with Crippen molar-refractivity contribution in [3.05, 3.63) is 29.3 Å². The van der Waals surface area contributed by atoms with Crippen LogP contribution in [-0.2, 0) is 0 Å². The van der Waals surface area contributed by atoms with E-state index in [-0.39, 0.29) is 0 Å². The van der Waals surface area contributed by atoms with Crippen LogP contribution < -0.4 is 5.73 Å². The molecule has 0 saturated carbocycles. The molecule has 0 fully saturated rings. The van der Waals surface area contributed by atoms with Gasteiger partial charge in [0.25, 0.3) is 0 Å². The zero-order chi connectivity index (χ0) is 12.0. The van der Waals surface area contributed by atoms with Crippen LogP contribution in [0, 0.1) is 5.92 Å². The first-order chi connectivity index (χ1) is 7.71. The highest BCUT2D eigenvalue weighted by Crippen LogP contribution is 2.31. The van der Waals surface area contributed by atoms with Crippen molar-refractivity contribution in [2.24, 2.45) is 11.7 Å². The second-order valence-electron chi connectivity index (χ2n) is 3.93. The summed E-state index contributed by atoms with van der Waals surface area (Å²) in [6.07, 6.45) is 2.37. The number of thioether (sulfide) groups is 1. The lowest BCUT2D eigenvalue weighted by Crippen LogP contribution is -2.25. The Balaban J connectivity index is 2.69. The van der Waals surface area contributed by atoms with Crippen molar-refractivity contribution in [1.29, 1.82) is 0 Å². The van der Waals surface area contributed by atoms with Crippen LogP contribution in [-0.4, -0.2) is 11.8 Å². The van der Waals surface area contributed by atoms with E-state index < -0.39 is 0 Å². The molecule has 0 aliphatic heterocycles. The Morgan fingerprint density at radius 3 is 2.50 bits per heavy atom. The quantitative estimate of drug-likeness (QED) is 0.773. The van der Waals surface area contributed by atoms with Gasteiger partial charge in [0, 0.05) is 21.7 Å². The van der Waals surface area contributed by atoms with Crippen molar-refractivity contribution >= 4 is 23.4 Å². The predicted octanol–water partition coefficient (Wildman–Crippen LogP) is 4.20. The highest BCUT2D eigenvalue weighted by Gasteiger charge is 2.18. The summed E-state index contributed by atoms with van der Waals surface area (Å²) in [5.41, 5.74) is 5.86. The molecular formula is C13H20ClNS. The summed E-state index contributed by atoms with van der Waals surface area (Å²) in [5.74, 6) is 0.689. The van der Waals surface area contributed by atoms with E-state index in [2.05, 4.69) is 19.9 Å². The van der Waals surface area contributed by atoms with Crippen LogP contribution in [0.3, 0.4) is 0 Å². The maximum absolute atomic E-state index is 5.97. The van der Waals surface area contributed by atoms with Crippen LogP contribution in [0.5, 0.6) is 0 Å². The van der Waals surface area contributed by atoms with E-state index in [1.807, 2.05) is 30.0 Å². The van der Waals surface area contributed by atoms with Crippen LogP contribution in [0.15, 0.2) is 29.2 Å². The molecule has 1 rings (SSSR count).